The molecule has 15 heteroatoms. The van der Waals surface area contributed by atoms with E-state index in [2.05, 4.69) is 52.3 Å². The molecule has 1 aliphatic rings. The third-order valence-corrected chi connectivity index (χ3v) is 17.2. The second-order valence-corrected chi connectivity index (χ2v) is 23.3. The van der Waals surface area contributed by atoms with Crippen molar-refractivity contribution in [1.82, 2.24) is 20.9 Å². The van der Waals surface area contributed by atoms with E-state index in [4.69, 9.17) is 9.47 Å². The number of carbonyl (C=O) groups excluding carboxylic acids is 6. The minimum absolute atomic E-state index is 0.0644. The first kappa shape index (κ1) is 60.2. The molecule has 4 N–H and O–H groups in total. The number of rotatable bonds is 25. The predicted octanol–water partition coefficient (Wildman–Crippen LogP) is 10.5. The largest absolute Gasteiger partial charge is 0.460 e. The molecule has 0 saturated heterocycles. The first-order valence-corrected chi connectivity index (χ1v) is 28.9. The van der Waals surface area contributed by atoms with Gasteiger partial charge in [-0.3, -0.25) is 24.0 Å². The lowest BCUT2D eigenvalue weighted by molar-refractivity contribution is -0.155. The summed E-state index contributed by atoms with van der Waals surface area (Å²) in [6.45, 7) is 5.17. The fourth-order valence-electron chi connectivity index (χ4n) is 9.96. The summed E-state index contributed by atoms with van der Waals surface area (Å²) in [7, 11) is 2.44. The number of aliphatic hydroxyl groups excluding tert-OH is 1. The van der Waals surface area contributed by atoms with Crippen LogP contribution in [0.3, 0.4) is 0 Å². The van der Waals surface area contributed by atoms with Crippen molar-refractivity contribution in [3.8, 4) is 0 Å². The number of aliphatic hydroxyl groups is 1. The van der Waals surface area contributed by atoms with Crippen molar-refractivity contribution in [2.24, 2.45) is 0 Å². The molecule has 6 aromatic rings. The summed E-state index contributed by atoms with van der Waals surface area (Å²) in [5.74, 6) is -2.83. The summed E-state index contributed by atoms with van der Waals surface area (Å²) in [5.41, 5.74) is 3.76. The van der Waals surface area contributed by atoms with Crippen LogP contribution in [0.4, 0.5) is 4.79 Å². The Morgan fingerprint density at radius 3 is 1.44 bits per heavy atom. The van der Waals surface area contributed by atoms with Crippen molar-refractivity contribution in [3.63, 3.8) is 0 Å². The minimum Gasteiger partial charge on any atom is -0.460 e. The molecule has 0 heterocycles. The van der Waals surface area contributed by atoms with Crippen LogP contribution in [0.1, 0.15) is 99.1 Å². The number of methoxy groups -OCH3 is 1. The normalized spacial score (nSPS) is 14.3. The van der Waals surface area contributed by atoms with Crippen LogP contribution in [0.2, 0.25) is 0 Å². The van der Waals surface area contributed by atoms with Gasteiger partial charge in [0.1, 0.15) is 23.2 Å². The number of hydrogen-bond acceptors (Lipinski definition) is 11. The maximum atomic E-state index is 15.0. The zero-order chi connectivity index (χ0) is 57.2. The van der Waals surface area contributed by atoms with Crippen molar-refractivity contribution in [3.05, 3.63) is 228 Å². The summed E-state index contributed by atoms with van der Waals surface area (Å²) in [5, 5.41) is 19.9. The molecule has 1 fully saturated rings. The quantitative estimate of drug-likeness (QED) is 0.0185. The highest BCUT2D eigenvalue weighted by Gasteiger charge is 2.50. The molecule has 418 valence electrons. The summed E-state index contributed by atoms with van der Waals surface area (Å²) < 4.78 is 8.96. The number of imide groups is 1. The minimum atomic E-state index is -1.47. The van der Waals surface area contributed by atoms with Gasteiger partial charge in [-0.25, -0.2) is 9.69 Å². The molecule has 0 bridgehead atoms. The van der Waals surface area contributed by atoms with Gasteiger partial charge in [-0.15, -0.1) is 23.5 Å². The van der Waals surface area contributed by atoms with E-state index in [0.29, 0.717) is 18.6 Å². The Kier molecular flexibility index (Phi) is 21.1. The summed E-state index contributed by atoms with van der Waals surface area (Å²) in [6.07, 6.45) is 2.00. The van der Waals surface area contributed by atoms with Gasteiger partial charge in [0, 0.05) is 19.2 Å². The monoisotopic (exact) mass is 1120 g/mol. The fraction of sp³-hybridized carbons (Fsp3) is 0.323. The molecule has 0 aromatic heterocycles. The van der Waals surface area contributed by atoms with Gasteiger partial charge in [0.15, 0.2) is 0 Å². The zero-order valence-corrected chi connectivity index (χ0v) is 47.7. The van der Waals surface area contributed by atoms with Gasteiger partial charge in [-0.05, 0) is 92.0 Å². The van der Waals surface area contributed by atoms with Crippen molar-refractivity contribution in [2.45, 2.75) is 105 Å². The smallest absolute Gasteiger partial charge is 0.416 e. The second kappa shape index (κ2) is 28.1. The summed E-state index contributed by atoms with van der Waals surface area (Å²) in [6, 6.07) is 57.7. The van der Waals surface area contributed by atoms with Crippen LogP contribution < -0.4 is 16.0 Å². The molecule has 0 unspecified atom stereocenters. The van der Waals surface area contributed by atoms with Gasteiger partial charge >= 0.3 is 12.1 Å². The molecule has 13 nitrogen and oxygen atoms in total. The molecule has 1 saturated carbocycles. The standard InChI is InChI=1S/C65H72N4O9S2/c1-62(2,3)78-57(72)41-40-54(66-56(71)45-53(70)39-24-25-44-79-64(47-27-12-6-13-28-47,48-29-14-7-15-30-48)49-31-16-8-17-32-49)58(73)67-55(59(74)68-63(42-26-43-63)60(75)69(4)61(76)77-5)46-80-65(50-33-18-9-19-34-50,51-35-20-10-21-36-51)52-37-22-11-23-38-52/h6-24,27-39,53-55,70H,25-26,40-46H2,1-5H3,(H,66,71)(H,67,73)(H,68,74)/b39-24+/t53-,54-,55-/m1/s1. The Bertz CT molecular complexity index is 2820. The molecule has 3 atom stereocenters. The molecule has 1 aliphatic carbocycles. The van der Waals surface area contributed by atoms with Gasteiger partial charge in [0.05, 0.1) is 29.1 Å². The number of ether oxygens (including phenoxy) is 2. The number of hydrogen-bond donors (Lipinski definition) is 4. The first-order valence-electron chi connectivity index (χ1n) is 27.0. The maximum Gasteiger partial charge on any atom is 0.416 e. The first-order chi connectivity index (χ1) is 38.5. The van der Waals surface area contributed by atoms with Gasteiger partial charge in [-0.2, -0.15) is 0 Å². The van der Waals surface area contributed by atoms with Crippen molar-refractivity contribution in [1.29, 1.82) is 0 Å². The molecule has 0 spiro atoms. The molecule has 80 heavy (non-hydrogen) atoms. The van der Waals surface area contributed by atoms with E-state index in [1.165, 1.54) is 18.8 Å². The van der Waals surface area contributed by atoms with Crippen LogP contribution in [0.5, 0.6) is 0 Å². The van der Waals surface area contributed by atoms with Gasteiger partial charge in [0.2, 0.25) is 17.7 Å². The van der Waals surface area contributed by atoms with Crippen LogP contribution in [-0.2, 0) is 42.9 Å². The number of esters is 1. The number of amides is 5. The maximum absolute atomic E-state index is 15.0. The fourth-order valence-corrected chi connectivity index (χ4v) is 13.0. The van der Waals surface area contributed by atoms with Crippen LogP contribution in [0.25, 0.3) is 0 Å². The van der Waals surface area contributed by atoms with Crippen molar-refractivity contribution >= 4 is 59.2 Å². The van der Waals surface area contributed by atoms with Crippen LogP contribution in [0, 0.1) is 0 Å². The third-order valence-electron chi connectivity index (χ3n) is 14.0. The zero-order valence-electron chi connectivity index (χ0n) is 46.0. The highest BCUT2D eigenvalue weighted by molar-refractivity contribution is 8.00. The van der Waals surface area contributed by atoms with Crippen LogP contribution in [0.15, 0.2) is 194 Å². The topological polar surface area (TPSA) is 180 Å². The Hall–Kier alpha value is -7.46. The van der Waals surface area contributed by atoms with Crippen LogP contribution in [-0.4, -0.2) is 101 Å². The average molecular weight is 1120 g/mol. The van der Waals surface area contributed by atoms with E-state index in [1.807, 2.05) is 152 Å². The van der Waals surface area contributed by atoms with Crippen LogP contribution >= 0.6 is 23.5 Å². The summed E-state index contributed by atoms with van der Waals surface area (Å²) >= 11 is 3.17. The number of nitrogens with zero attached hydrogens (tertiary/aromatic N) is 1. The molecule has 6 aromatic carbocycles. The molecule has 0 radical (unpaired) electrons. The SMILES string of the molecule is COC(=O)N(C)C(=O)C1(NC(=O)[C@@H](CSC(c2ccccc2)(c2ccccc2)c2ccccc2)NC(=O)[C@@H](CCC(=O)OC(C)(C)C)NC(=O)C[C@H](O)/C=C/CCSC(c2ccccc2)(c2ccccc2)c2ccccc2)CCC1. The second-order valence-electron chi connectivity index (χ2n) is 20.8. The Morgan fingerprint density at radius 1 is 0.625 bits per heavy atom. The van der Waals surface area contributed by atoms with Crippen molar-refractivity contribution < 1.29 is 43.3 Å². The lowest BCUT2D eigenvalue weighted by Crippen LogP contribution is -2.66. The number of carbonyl (C=O) groups is 6. The van der Waals surface area contributed by atoms with E-state index < -0.39 is 80.9 Å². The number of benzene rings is 6. The highest BCUT2D eigenvalue weighted by atomic mass is 32.2. The molecule has 5 amide bonds. The molecule has 0 aliphatic heterocycles. The van der Waals surface area contributed by atoms with E-state index >= 15 is 0 Å². The number of likely N-dealkylation sites (N-methyl/N-ethyl adjacent to an activating group) is 1. The lowest BCUT2D eigenvalue weighted by atomic mass is 9.75. The molecular formula is C65H72N4O9S2. The molecule has 7 rings (SSSR count). The predicted molar refractivity (Wildman–Crippen MR) is 317 cm³/mol. The number of allylic oxidation sites excluding steroid dienone is 1. The Labute approximate surface area is 478 Å². The molecular weight excluding hydrogens is 1040 g/mol. The Morgan fingerprint density at radius 2 is 1.05 bits per heavy atom. The lowest BCUT2D eigenvalue weighted by Gasteiger charge is -2.43. The summed E-state index contributed by atoms with van der Waals surface area (Å²) in [4.78, 5) is 84.4. The van der Waals surface area contributed by atoms with Gasteiger partial charge in [-0.1, -0.05) is 194 Å². The average Bonchev–Trinajstić information content (AvgIpc) is 3.51. The van der Waals surface area contributed by atoms with E-state index in [1.54, 1.807) is 38.6 Å². The van der Waals surface area contributed by atoms with Gasteiger partial charge < -0.3 is 30.5 Å². The van der Waals surface area contributed by atoms with E-state index in [-0.39, 0.29) is 31.4 Å². The van der Waals surface area contributed by atoms with E-state index in [0.717, 1.165) is 45.4 Å². The van der Waals surface area contributed by atoms with E-state index in [9.17, 15) is 33.9 Å². The number of thioether (sulfide) groups is 2. The third kappa shape index (κ3) is 15.1. The van der Waals surface area contributed by atoms with Gasteiger partial charge in [0.25, 0.3) is 5.91 Å². The Balaban J connectivity index is 1.13. The highest BCUT2D eigenvalue weighted by Crippen LogP contribution is 2.50. The van der Waals surface area contributed by atoms with Crippen molar-refractivity contribution in [2.75, 3.05) is 25.7 Å². The number of nitrogens with one attached hydrogen (secondary N) is 3.